The first-order chi connectivity index (χ1) is 5.29. The summed E-state index contributed by atoms with van der Waals surface area (Å²) in [4.78, 5) is 0. The second-order valence-electron chi connectivity index (χ2n) is 2.62. The van der Waals surface area contributed by atoms with Crippen molar-refractivity contribution in [1.29, 1.82) is 0 Å². The molecule has 0 amide bonds. The van der Waals surface area contributed by atoms with Gasteiger partial charge >= 0.3 is 0 Å². The third kappa shape index (κ3) is 3.22. The fourth-order valence-corrected chi connectivity index (χ4v) is 1.27. The zero-order chi connectivity index (χ0) is 8.69. The summed E-state index contributed by atoms with van der Waals surface area (Å²) in [5, 5.41) is 0. The van der Waals surface area contributed by atoms with Gasteiger partial charge in [-0.1, -0.05) is 45.2 Å². The monoisotopic (exact) mass is 150 g/mol. The summed E-state index contributed by atoms with van der Waals surface area (Å²) in [7, 11) is 0. The van der Waals surface area contributed by atoms with Crippen LogP contribution in [0, 0.1) is 5.92 Å². The molecule has 0 saturated carbocycles. The van der Waals surface area contributed by atoms with Gasteiger partial charge in [0.25, 0.3) is 0 Å². The largest absolute Gasteiger partial charge is 0.0991 e. The summed E-state index contributed by atoms with van der Waals surface area (Å²) < 4.78 is 0. The number of rotatable bonds is 5. The lowest BCUT2D eigenvalue weighted by Crippen LogP contribution is -1.98. The second-order valence-corrected chi connectivity index (χ2v) is 2.62. The highest BCUT2D eigenvalue weighted by molar-refractivity contribution is 5.23. The molecule has 0 spiro atoms. The van der Waals surface area contributed by atoms with E-state index < -0.39 is 0 Å². The smallest absolute Gasteiger partial charge is 0.0167 e. The maximum Gasteiger partial charge on any atom is -0.0167 e. The Balaban J connectivity index is 4.32. The van der Waals surface area contributed by atoms with Crippen LogP contribution in [0.15, 0.2) is 37.0 Å². The van der Waals surface area contributed by atoms with Gasteiger partial charge < -0.3 is 0 Å². The van der Waals surface area contributed by atoms with E-state index in [0.717, 1.165) is 0 Å². The van der Waals surface area contributed by atoms with Gasteiger partial charge in [-0.05, 0) is 24.3 Å². The number of hydrogen-bond acceptors (Lipinski definition) is 0. The molecule has 11 heavy (non-hydrogen) atoms. The molecule has 62 valence electrons. The van der Waals surface area contributed by atoms with E-state index in [1.165, 1.54) is 18.4 Å². The Morgan fingerprint density at radius 1 is 1.27 bits per heavy atom. The quantitative estimate of drug-likeness (QED) is 0.524. The van der Waals surface area contributed by atoms with Crippen molar-refractivity contribution in [3.63, 3.8) is 0 Å². The summed E-state index contributed by atoms with van der Waals surface area (Å²) in [5.41, 5.74) is 1.31. The van der Waals surface area contributed by atoms with Crippen LogP contribution in [0.3, 0.4) is 0 Å². The molecule has 0 radical (unpaired) electrons. The van der Waals surface area contributed by atoms with Gasteiger partial charge in [0.15, 0.2) is 0 Å². The lowest BCUT2D eigenvalue weighted by Gasteiger charge is -2.12. The molecule has 0 aromatic heterocycles. The number of hydrogen-bond donors (Lipinski definition) is 0. The van der Waals surface area contributed by atoms with Crippen LogP contribution in [0.25, 0.3) is 0 Å². The van der Waals surface area contributed by atoms with Crippen LogP contribution in [0.1, 0.15) is 26.7 Å². The lowest BCUT2D eigenvalue weighted by molar-refractivity contribution is 0.584. The zero-order valence-electron chi connectivity index (χ0n) is 7.64. The fraction of sp³-hybridized carbons (Fsp3) is 0.455. The van der Waals surface area contributed by atoms with E-state index in [1.54, 1.807) is 0 Å². The Hall–Kier alpha value is -0.780. The van der Waals surface area contributed by atoms with Gasteiger partial charge in [0.1, 0.15) is 0 Å². The van der Waals surface area contributed by atoms with Crippen molar-refractivity contribution in [2.45, 2.75) is 26.7 Å². The van der Waals surface area contributed by atoms with E-state index in [0.29, 0.717) is 5.92 Å². The Morgan fingerprint density at radius 3 is 2.09 bits per heavy atom. The van der Waals surface area contributed by atoms with Gasteiger partial charge in [-0.3, -0.25) is 0 Å². The molecule has 0 fully saturated rings. The molecule has 0 heterocycles. The standard InChI is InChI=1S/C11H18/c1-5-9-11(8-4)10(6-2)7-3/h5,8-10H,1,4,6-7H2,2-3H3/b11-9+. The summed E-state index contributed by atoms with van der Waals surface area (Å²) in [6.45, 7) is 11.9. The molecule has 0 aliphatic rings. The Kier molecular flexibility index (Phi) is 5.54. The highest BCUT2D eigenvalue weighted by atomic mass is 14.1. The minimum absolute atomic E-state index is 0.658. The normalized spacial score (nSPS) is 11.7. The molecular weight excluding hydrogens is 132 g/mol. The van der Waals surface area contributed by atoms with Crippen LogP contribution in [0.2, 0.25) is 0 Å². The maximum atomic E-state index is 3.78. The summed E-state index contributed by atoms with van der Waals surface area (Å²) in [6.07, 6.45) is 8.17. The third-order valence-electron chi connectivity index (χ3n) is 2.00. The highest BCUT2D eigenvalue weighted by Crippen LogP contribution is 2.19. The molecule has 0 nitrogen and oxygen atoms in total. The molecule has 0 rings (SSSR count). The van der Waals surface area contributed by atoms with Crippen molar-refractivity contribution >= 4 is 0 Å². The molecule has 0 heteroatoms. The van der Waals surface area contributed by atoms with E-state index >= 15 is 0 Å². The first kappa shape index (κ1) is 10.2. The van der Waals surface area contributed by atoms with Gasteiger partial charge in [-0.25, -0.2) is 0 Å². The van der Waals surface area contributed by atoms with Crippen LogP contribution < -0.4 is 0 Å². The van der Waals surface area contributed by atoms with E-state index in [4.69, 9.17) is 0 Å². The third-order valence-corrected chi connectivity index (χ3v) is 2.00. The molecule has 0 aromatic rings. The molecular formula is C11H18. The fourth-order valence-electron chi connectivity index (χ4n) is 1.27. The van der Waals surface area contributed by atoms with E-state index in [1.807, 2.05) is 18.2 Å². The molecule has 0 bridgehead atoms. The van der Waals surface area contributed by atoms with Crippen molar-refractivity contribution in [3.05, 3.63) is 37.0 Å². The molecule has 0 aliphatic heterocycles. The average molecular weight is 150 g/mol. The molecule has 0 aromatic carbocycles. The topological polar surface area (TPSA) is 0 Å². The van der Waals surface area contributed by atoms with Gasteiger partial charge in [-0.2, -0.15) is 0 Å². The van der Waals surface area contributed by atoms with Crippen LogP contribution >= 0.6 is 0 Å². The maximum absolute atomic E-state index is 3.78. The summed E-state index contributed by atoms with van der Waals surface area (Å²) in [5.74, 6) is 0.658. The molecule has 0 atom stereocenters. The molecule has 0 unspecified atom stereocenters. The lowest BCUT2D eigenvalue weighted by atomic mass is 9.93. The SMILES string of the molecule is C=C/C=C(\C=C)C(CC)CC. The first-order valence-electron chi connectivity index (χ1n) is 4.25. The van der Waals surface area contributed by atoms with Gasteiger partial charge in [0.2, 0.25) is 0 Å². The van der Waals surface area contributed by atoms with Crippen molar-refractivity contribution in [2.75, 3.05) is 0 Å². The minimum atomic E-state index is 0.658. The van der Waals surface area contributed by atoms with Gasteiger partial charge in [0.05, 0.1) is 0 Å². The molecule has 0 aliphatic carbocycles. The Bertz CT molecular complexity index is 147. The van der Waals surface area contributed by atoms with Crippen molar-refractivity contribution in [2.24, 2.45) is 5.92 Å². The van der Waals surface area contributed by atoms with E-state index in [9.17, 15) is 0 Å². The Labute approximate surface area is 70.3 Å². The average Bonchev–Trinajstić information content (AvgIpc) is 2.05. The molecule has 0 N–H and O–H groups in total. The second kappa shape index (κ2) is 5.96. The summed E-state index contributed by atoms with van der Waals surface area (Å²) >= 11 is 0. The predicted molar refractivity (Wildman–Crippen MR) is 52.5 cm³/mol. The predicted octanol–water partition coefficient (Wildman–Crippen LogP) is 3.72. The van der Waals surface area contributed by atoms with Crippen molar-refractivity contribution in [1.82, 2.24) is 0 Å². The van der Waals surface area contributed by atoms with Crippen LogP contribution in [0.4, 0.5) is 0 Å². The van der Waals surface area contributed by atoms with Gasteiger partial charge in [-0.15, -0.1) is 0 Å². The van der Waals surface area contributed by atoms with Crippen LogP contribution in [0.5, 0.6) is 0 Å². The van der Waals surface area contributed by atoms with E-state index in [-0.39, 0.29) is 0 Å². The highest BCUT2D eigenvalue weighted by Gasteiger charge is 2.04. The Morgan fingerprint density at radius 2 is 1.82 bits per heavy atom. The number of allylic oxidation sites excluding steroid dienone is 4. The van der Waals surface area contributed by atoms with Crippen LogP contribution in [-0.2, 0) is 0 Å². The zero-order valence-corrected chi connectivity index (χ0v) is 7.64. The van der Waals surface area contributed by atoms with Crippen LogP contribution in [-0.4, -0.2) is 0 Å². The molecule has 0 saturated heterocycles. The first-order valence-corrected chi connectivity index (χ1v) is 4.25. The van der Waals surface area contributed by atoms with Crippen molar-refractivity contribution < 1.29 is 0 Å². The van der Waals surface area contributed by atoms with E-state index in [2.05, 4.69) is 27.0 Å². The van der Waals surface area contributed by atoms with Gasteiger partial charge in [0, 0.05) is 0 Å². The summed E-state index contributed by atoms with van der Waals surface area (Å²) in [6, 6.07) is 0. The minimum Gasteiger partial charge on any atom is -0.0991 e. The van der Waals surface area contributed by atoms with Crippen molar-refractivity contribution in [3.8, 4) is 0 Å².